The first-order valence-corrected chi connectivity index (χ1v) is 6.63. The van der Waals surface area contributed by atoms with Crippen molar-refractivity contribution in [2.45, 2.75) is 6.10 Å². The van der Waals surface area contributed by atoms with Gasteiger partial charge in [-0.2, -0.15) is 0 Å². The van der Waals surface area contributed by atoms with Gasteiger partial charge < -0.3 is 10.4 Å². The largest absolute Gasteiger partial charge is 0.387 e. The van der Waals surface area contributed by atoms with Crippen molar-refractivity contribution in [1.29, 1.82) is 0 Å². The lowest BCUT2D eigenvalue weighted by atomic mass is 10.1. The van der Waals surface area contributed by atoms with Crippen LogP contribution in [0.2, 0.25) is 5.02 Å². The first-order valence-electron chi connectivity index (χ1n) is 6.25. The second kappa shape index (κ2) is 6.81. The number of rotatable bonds is 4. The van der Waals surface area contributed by atoms with E-state index in [1.807, 2.05) is 0 Å². The summed E-state index contributed by atoms with van der Waals surface area (Å²) < 4.78 is 39.3. The van der Waals surface area contributed by atoms with Gasteiger partial charge in [0.25, 0.3) is 5.91 Å². The van der Waals surface area contributed by atoms with Gasteiger partial charge in [0.15, 0.2) is 17.5 Å². The molecule has 0 aliphatic carbocycles. The van der Waals surface area contributed by atoms with Crippen molar-refractivity contribution in [1.82, 2.24) is 5.32 Å². The summed E-state index contributed by atoms with van der Waals surface area (Å²) in [6.07, 6.45) is -1.05. The number of hydrogen-bond donors (Lipinski definition) is 2. The Morgan fingerprint density at radius 3 is 2.36 bits per heavy atom. The van der Waals surface area contributed by atoms with E-state index < -0.39 is 35.0 Å². The molecular formula is C15H11ClF3NO2. The minimum Gasteiger partial charge on any atom is -0.387 e. The Bertz CT molecular complexity index is 692. The lowest BCUT2D eigenvalue weighted by molar-refractivity contribution is 0.0911. The van der Waals surface area contributed by atoms with Gasteiger partial charge in [-0.15, -0.1) is 0 Å². The zero-order valence-corrected chi connectivity index (χ0v) is 11.9. The van der Waals surface area contributed by atoms with Crippen LogP contribution in [0.5, 0.6) is 0 Å². The van der Waals surface area contributed by atoms with Gasteiger partial charge in [-0.25, -0.2) is 13.2 Å². The summed E-state index contributed by atoms with van der Waals surface area (Å²) in [5.41, 5.74) is -0.141. The average molecular weight is 330 g/mol. The average Bonchev–Trinajstić information content (AvgIpc) is 2.51. The van der Waals surface area contributed by atoms with Crippen LogP contribution in [0.15, 0.2) is 36.4 Å². The van der Waals surface area contributed by atoms with Gasteiger partial charge >= 0.3 is 0 Å². The second-order valence-electron chi connectivity index (χ2n) is 4.50. The fourth-order valence-electron chi connectivity index (χ4n) is 1.79. The van der Waals surface area contributed by atoms with Crippen LogP contribution in [0.3, 0.4) is 0 Å². The van der Waals surface area contributed by atoms with Crippen LogP contribution in [-0.4, -0.2) is 17.6 Å². The molecule has 2 rings (SSSR count). The summed E-state index contributed by atoms with van der Waals surface area (Å²) >= 11 is 5.71. The molecule has 22 heavy (non-hydrogen) atoms. The predicted molar refractivity (Wildman–Crippen MR) is 75.1 cm³/mol. The molecule has 0 radical (unpaired) electrons. The minimum atomic E-state index is -1.72. The normalized spacial score (nSPS) is 12.0. The number of nitrogens with one attached hydrogen (secondary N) is 1. The molecule has 0 saturated heterocycles. The van der Waals surface area contributed by atoms with E-state index in [2.05, 4.69) is 5.32 Å². The molecule has 2 N–H and O–H groups in total. The minimum absolute atomic E-state index is 0.223. The van der Waals surface area contributed by atoms with E-state index in [0.717, 1.165) is 6.07 Å². The molecule has 0 spiro atoms. The van der Waals surface area contributed by atoms with E-state index in [0.29, 0.717) is 16.7 Å². The predicted octanol–water partition coefficient (Wildman–Crippen LogP) is 3.22. The third-order valence-corrected chi connectivity index (χ3v) is 3.24. The summed E-state index contributed by atoms with van der Waals surface area (Å²) in [4.78, 5) is 11.7. The molecule has 7 heteroatoms. The zero-order chi connectivity index (χ0) is 16.3. The van der Waals surface area contributed by atoms with Gasteiger partial charge in [0.1, 0.15) is 0 Å². The van der Waals surface area contributed by atoms with E-state index in [4.69, 9.17) is 11.6 Å². The smallest absolute Gasteiger partial charge is 0.254 e. The first kappa shape index (κ1) is 16.3. The number of amides is 1. The molecule has 0 aliphatic heterocycles. The molecule has 3 nitrogen and oxygen atoms in total. The topological polar surface area (TPSA) is 49.3 Å². The zero-order valence-electron chi connectivity index (χ0n) is 11.1. The summed E-state index contributed by atoms with van der Waals surface area (Å²) in [5.74, 6) is -5.62. The highest BCUT2D eigenvalue weighted by atomic mass is 35.5. The van der Waals surface area contributed by atoms with E-state index in [1.165, 1.54) is 0 Å². The van der Waals surface area contributed by atoms with Crippen LogP contribution in [-0.2, 0) is 0 Å². The van der Waals surface area contributed by atoms with E-state index in [-0.39, 0.29) is 6.54 Å². The summed E-state index contributed by atoms with van der Waals surface area (Å²) in [5, 5.41) is 12.6. The quantitative estimate of drug-likeness (QED) is 0.846. The maximum atomic E-state index is 13.5. The van der Waals surface area contributed by atoms with Gasteiger partial charge in [-0.05, 0) is 29.8 Å². The lowest BCUT2D eigenvalue weighted by Gasteiger charge is -2.13. The van der Waals surface area contributed by atoms with Crippen LogP contribution in [0, 0.1) is 17.5 Å². The molecule has 2 aromatic rings. The Hall–Kier alpha value is -2.05. The first-order chi connectivity index (χ1) is 10.4. The Kier molecular flexibility index (Phi) is 5.05. The summed E-state index contributed by atoms with van der Waals surface area (Å²) in [6, 6.07) is 7.75. The Labute approximate surface area is 129 Å². The Morgan fingerprint density at radius 1 is 1.09 bits per heavy atom. The molecule has 0 bridgehead atoms. The number of carbonyl (C=O) groups is 1. The van der Waals surface area contributed by atoms with Gasteiger partial charge in [-0.3, -0.25) is 4.79 Å². The number of carbonyl (C=O) groups excluding carboxylic acids is 1. The molecule has 0 aliphatic rings. The molecule has 0 heterocycles. The SMILES string of the molecule is O=C(NCC(O)c1ccc(Cl)cc1)c1ccc(F)c(F)c1F. The maximum Gasteiger partial charge on any atom is 0.254 e. The van der Waals surface area contributed by atoms with Crippen LogP contribution in [0.25, 0.3) is 0 Å². The fourth-order valence-corrected chi connectivity index (χ4v) is 1.91. The molecule has 1 unspecified atom stereocenters. The van der Waals surface area contributed by atoms with Crippen molar-refractivity contribution in [3.8, 4) is 0 Å². The fraction of sp³-hybridized carbons (Fsp3) is 0.133. The third-order valence-electron chi connectivity index (χ3n) is 2.99. The van der Waals surface area contributed by atoms with E-state index in [9.17, 15) is 23.1 Å². The van der Waals surface area contributed by atoms with E-state index in [1.54, 1.807) is 24.3 Å². The van der Waals surface area contributed by atoms with Crippen molar-refractivity contribution in [3.05, 3.63) is 70.0 Å². The molecule has 116 valence electrons. The summed E-state index contributed by atoms with van der Waals surface area (Å²) in [7, 11) is 0. The van der Waals surface area contributed by atoms with Crippen LogP contribution in [0.1, 0.15) is 22.0 Å². The van der Waals surface area contributed by atoms with Gasteiger partial charge in [0, 0.05) is 11.6 Å². The highest BCUT2D eigenvalue weighted by molar-refractivity contribution is 6.30. The molecule has 0 aromatic heterocycles. The van der Waals surface area contributed by atoms with Crippen LogP contribution >= 0.6 is 11.6 Å². The van der Waals surface area contributed by atoms with E-state index >= 15 is 0 Å². The van der Waals surface area contributed by atoms with Crippen LogP contribution < -0.4 is 5.32 Å². The third kappa shape index (κ3) is 3.58. The number of benzene rings is 2. The number of aliphatic hydroxyl groups excluding tert-OH is 1. The molecule has 1 amide bonds. The molecule has 0 fully saturated rings. The second-order valence-corrected chi connectivity index (χ2v) is 4.94. The number of hydrogen-bond acceptors (Lipinski definition) is 2. The Balaban J connectivity index is 2.04. The van der Waals surface area contributed by atoms with Crippen molar-refractivity contribution in [2.75, 3.05) is 6.54 Å². The molecule has 1 atom stereocenters. The van der Waals surface area contributed by atoms with Crippen molar-refractivity contribution >= 4 is 17.5 Å². The number of halogens is 4. The highest BCUT2D eigenvalue weighted by Crippen LogP contribution is 2.17. The monoisotopic (exact) mass is 329 g/mol. The Morgan fingerprint density at radius 2 is 1.73 bits per heavy atom. The van der Waals surface area contributed by atoms with Crippen molar-refractivity contribution < 1.29 is 23.1 Å². The highest BCUT2D eigenvalue weighted by Gasteiger charge is 2.19. The van der Waals surface area contributed by atoms with Crippen LogP contribution in [0.4, 0.5) is 13.2 Å². The van der Waals surface area contributed by atoms with Crippen molar-refractivity contribution in [3.63, 3.8) is 0 Å². The lowest BCUT2D eigenvalue weighted by Crippen LogP contribution is -2.29. The van der Waals surface area contributed by atoms with Crippen molar-refractivity contribution in [2.24, 2.45) is 0 Å². The number of aliphatic hydroxyl groups is 1. The van der Waals surface area contributed by atoms with Gasteiger partial charge in [0.2, 0.25) is 0 Å². The van der Waals surface area contributed by atoms with Gasteiger partial charge in [0.05, 0.1) is 11.7 Å². The summed E-state index contributed by atoms with van der Waals surface area (Å²) in [6.45, 7) is -0.223. The molecule has 2 aromatic carbocycles. The van der Waals surface area contributed by atoms with Gasteiger partial charge in [-0.1, -0.05) is 23.7 Å². The molecular weight excluding hydrogens is 319 g/mol. The standard InChI is InChI=1S/C15H11ClF3NO2/c16-9-3-1-8(2-4-9)12(21)7-20-15(22)10-5-6-11(17)14(19)13(10)18/h1-6,12,21H,7H2,(H,20,22). The molecule has 0 saturated carbocycles. The maximum absolute atomic E-state index is 13.5.